The molecule has 2 aliphatic heterocycles. The lowest BCUT2D eigenvalue weighted by Crippen LogP contribution is -2.24. The molecule has 0 atom stereocenters. The molecule has 0 radical (unpaired) electrons. The van der Waals surface area contributed by atoms with Crippen molar-refractivity contribution in [2.75, 3.05) is 26.9 Å². The summed E-state index contributed by atoms with van der Waals surface area (Å²) < 4.78 is 17.3. The summed E-state index contributed by atoms with van der Waals surface area (Å²) in [5, 5.41) is 4.69. The average Bonchev–Trinajstić information content (AvgIpc) is 3.39. The van der Waals surface area contributed by atoms with Crippen LogP contribution in [0.2, 0.25) is 0 Å². The van der Waals surface area contributed by atoms with Gasteiger partial charge < -0.3 is 19.7 Å². The van der Waals surface area contributed by atoms with E-state index in [0.29, 0.717) is 6.79 Å². The van der Waals surface area contributed by atoms with Gasteiger partial charge >= 0.3 is 0 Å². The zero-order valence-electron chi connectivity index (χ0n) is 15.3. The van der Waals surface area contributed by atoms with Crippen LogP contribution < -0.4 is 14.8 Å². The third-order valence-corrected chi connectivity index (χ3v) is 5.46. The maximum Gasteiger partial charge on any atom is 0.231 e. The zero-order valence-corrected chi connectivity index (χ0v) is 16.1. The van der Waals surface area contributed by atoms with Crippen molar-refractivity contribution in [1.29, 1.82) is 0 Å². The Morgan fingerprint density at radius 1 is 1.30 bits per heavy atom. The van der Waals surface area contributed by atoms with Crippen molar-refractivity contribution in [3.05, 3.63) is 53.6 Å². The van der Waals surface area contributed by atoms with Crippen LogP contribution in [0.1, 0.15) is 18.4 Å². The van der Waals surface area contributed by atoms with Crippen LogP contribution in [0.15, 0.2) is 52.4 Å². The predicted octanol–water partition coefficient (Wildman–Crippen LogP) is 2.86. The summed E-state index contributed by atoms with van der Waals surface area (Å²) in [5.41, 5.74) is 1.21. The standard InChI is InChI=1S/C19H23N5O2S/c1-23(19-6-5-18(22-27-19)24-10-8-21-13-24)9-2-7-20-12-15-3-4-16-17(11-15)26-14-25-16/h3-4,6,8,10-11,13,20H,2,5,7,9,12,14H2,1H3. The van der Waals surface area contributed by atoms with Gasteiger partial charge in [0.05, 0.1) is 5.03 Å². The summed E-state index contributed by atoms with van der Waals surface area (Å²) in [4.78, 5) is 6.33. The van der Waals surface area contributed by atoms with E-state index in [0.717, 1.165) is 49.8 Å². The number of hydrogen-bond donors (Lipinski definition) is 1. The third-order valence-electron chi connectivity index (χ3n) is 4.50. The first kappa shape index (κ1) is 17.9. The van der Waals surface area contributed by atoms with Crippen molar-refractivity contribution in [2.45, 2.75) is 19.4 Å². The number of rotatable bonds is 7. The van der Waals surface area contributed by atoms with E-state index in [9.17, 15) is 0 Å². The smallest absolute Gasteiger partial charge is 0.231 e. The molecule has 1 aromatic heterocycles. The number of allylic oxidation sites excluding steroid dienone is 1. The summed E-state index contributed by atoms with van der Waals surface area (Å²) in [6.07, 6.45) is 9.60. The quantitative estimate of drug-likeness (QED) is 0.584. The molecule has 142 valence electrons. The predicted molar refractivity (Wildman–Crippen MR) is 107 cm³/mol. The number of nitrogens with zero attached hydrogens (tertiary/aromatic N) is 4. The van der Waals surface area contributed by atoms with Crippen molar-refractivity contribution in [2.24, 2.45) is 4.40 Å². The highest BCUT2D eigenvalue weighted by Gasteiger charge is 2.14. The SMILES string of the molecule is CN(CCCNCc1ccc2c(c1)OCO2)C1=CCC(n2ccnc2)=NS1. The highest BCUT2D eigenvalue weighted by molar-refractivity contribution is 8.01. The van der Waals surface area contributed by atoms with Crippen molar-refractivity contribution < 1.29 is 9.47 Å². The molecule has 8 heteroatoms. The van der Waals surface area contributed by atoms with E-state index in [-0.39, 0.29) is 0 Å². The molecule has 0 saturated heterocycles. The van der Waals surface area contributed by atoms with Gasteiger partial charge in [0.2, 0.25) is 6.79 Å². The normalized spacial score (nSPS) is 15.4. The molecule has 2 aromatic rings. The summed E-state index contributed by atoms with van der Waals surface area (Å²) in [6.45, 7) is 3.10. The number of fused-ring (bicyclic) bond motifs is 1. The highest BCUT2D eigenvalue weighted by atomic mass is 32.2. The van der Waals surface area contributed by atoms with Crippen molar-refractivity contribution in [3.8, 4) is 11.5 Å². The maximum atomic E-state index is 5.42. The van der Waals surface area contributed by atoms with Gasteiger partial charge in [0, 0.05) is 50.9 Å². The summed E-state index contributed by atoms with van der Waals surface area (Å²) in [7, 11) is 2.12. The molecule has 0 fully saturated rings. The van der Waals surface area contributed by atoms with Gasteiger partial charge in [-0.15, -0.1) is 0 Å². The van der Waals surface area contributed by atoms with Crippen LogP contribution in [-0.4, -0.2) is 47.2 Å². The fourth-order valence-corrected chi connectivity index (χ4v) is 3.73. The number of nitrogens with one attached hydrogen (secondary N) is 1. The van der Waals surface area contributed by atoms with Crippen LogP contribution in [0.3, 0.4) is 0 Å². The lowest BCUT2D eigenvalue weighted by molar-refractivity contribution is 0.174. The Morgan fingerprint density at radius 3 is 3.04 bits per heavy atom. The van der Waals surface area contributed by atoms with Gasteiger partial charge in [-0.25, -0.2) is 4.98 Å². The lowest BCUT2D eigenvalue weighted by Gasteiger charge is -2.23. The van der Waals surface area contributed by atoms with E-state index in [2.05, 4.69) is 38.8 Å². The number of aromatic nitrogens is 2. The fourth-order valence-electron chi connectivity index (χ4n) is 2.98. The Kier molecular flexibility index (Phi) is 5.64. The number of hydrogen-bond acceptors (Lipinski definition) is 7. The van der Waals surface area contributed by atoms with Crippen molar-refractivity contribution in [1.82, 2.24) is 19.8 Å². The molecule has 4 rings (SSSR count). The first-order valence-electron chi connectivity index (χ1n) is 9.02. The molecular weight excluding hydrogens is 362 g/mol. The Bertz CT molecular complexity index is 835. The molecule has 27 heavy (non-hydrogen) atoms. The Balaban J connectivity index is 1.16. The molecule has 7 nitrogen and oxygen atoms in total. The average molecular weight is 385 g/mol. The minimum atomic E-state index is 0.320. The Labute approximate surface area is 163 Å². The Hall–Kier alpha value is -2.45. The van der Waals surface area contributed by atoms with E-state index >= 15 is 0 Å². The van der Waals surface area contributed by atoms with Gasteiger partial charge in [-0.05, 0) is 36.7 Å². The van der Waals surface area contributed by atoms with Gasteiger partial charge in [-0.2, -0.15) is 4.40 Å². The van der Waals surface area contributed by atoms with Crippen LogP contribution in [0.5, 0.6) is 11.5 Å². The first-order chi connectivity index (χ1) is 13.3. The van der Waals surface area contributed by atoms with Gasteiger partial charge in [0.15, 0.2) is 11.5 Å². The van der Waals surface area contributed by atoms with Crippen LogP contribution in [0.4, 0.5) is 0 Å². The van der Waals surface area contributed by atoms with E-state index in [1.807, 2.05) is 22.9 Å². The monoisotopic (exact) mass is 385 g/mol. The van der Waals surface area contributed by atoms with Gasteiger partial charge in [0.1, 0.15) is 12.2 Å². The van der Waals surface area contributed by atoms with Gasteiger partial charge in [0.25, 0.3) is 0 Å². The van der Waals surface area contributed by atoms with Gasteiger partial charge in [-0.1, -0.05) is 6.07 Å². The van der Waals surface area contributed by atoms with Crippen molar-refractivity contribution >= 4 is 17.8 Å². The molecule has 1 N–H and O–H groups in total. The molecule has 0 aliphatic carbocycles. The van der Waals surface area contributed by atoms with E-state index in [4.69, 9.17) is 9.47 Å². The molecule has 1 aromatic carbocycles. The molecule has 0 unspecified atom stereocenters. The van der Waals surface area contributed by atoms with E-state index in [1.165, 1.54) is 22.5 Å². The molecule has 0 saturated carbocycles. The molecule has 0 spiro atoms. The fraction of sp³-hybridized carbons (Fsp3) is 0.368. The number of imidazole rings is 1. The summed E-state index contributed by atoms with van der Waals surface area (Å²) in [6, 6.07) is 6.09. The largest absolute Gasteiger partial charge is 0.454 e. The highest BCUT2D eigenvalue weighted by Crippen LogP contribution is 2.32. The first-order valence-corrected chi connectivity index (χ1v) is 9.80. The van der Waals surface area contributed by atoms with Crippen LogP contribution in [0, 0.1) is 0 Å². The molecular formula is C19H23N5O2S. The molecule has 0 amide bonds. The second kappa shape index (κ2) is 8.49. The van der Waals surface area contributed by atoms with E-state index in [1.54, 1.807) is 12.5 Å². The second-order valence-corrected chi connectivity index (χ2v) is 7.24. The van der Waals surface area contributed by atoms with Crippen LogP contribution in [-0.2, 0) is 6.54 Å². The molecule has 2 aliphatic rings. The topological polar surface area (TPSA) is 63.9 Å². The lowest BCUT2D eigenvalue weighted by atomic mass is 10.2. The minimum absolute atomic E-state index is 0.320. The minimum Gasteiger partial charge on any atom is -0.454 e. The molecule has 0 bridgehead atoms. The summed E-state index contributed by atoms with van der Waals surface area (Å²) >= 11 is 1.53. The second-order valence-electron chi connectivity index (χ2n) is 6.45. The number of benzene rings is 1. The van der Waals surface area contributed by atoms with Gasteiger partial charge in [-0.3, -0.25) is 4.57 Å². The maximum absolute atomic E-state index is 5.42. The Morgan fingerprint density at radius 2 is 2.22 bits per heavy atom. The summed E-state index contributed by atoms with van der Waals surface area (Å²) in [5.74, 6) is 2.68. The zero-order chi connectivity index (χ0) is 18.5. The van der Waals surface area contributed by atoms with E-state index < -0.39 is 0 Å². The van der Waals surface area contributed by atoms with Crippen LogP contribution in [0.25, 0.3) is 0 Å². The molecule has 3 heterocycles. The number of ether oxygens (including phenoxy) is 2. The van der Waals surface area contributed by atoms with Crippen LogP contribution >= 0.6 is 11.9 Å². The van der Waals surface area contributed by atoms with Crippen molar-refractivity contribution in [3.63, 3.8) is 0 Å². The third kappa shape index (κ3) is 4.45.